The molecule has 2 nitrogen and oxygen atoms in total. The van der Waals surface area contributed by atoms with Crippen LogP contribution in [0.25, 0.3) is 0 Å². The van der Waals surface area contributed by atoms with Crippen LogP contribution in [-0.4, -0.2) is 9.96 Å². The monoisotopic (exact) mass is 281 g/mol. The lowest BCUT2D eigenvalue weighted by Crippen LogP contribution is -2.01. The molecule has 1 rings (SSSR count). The van der Waals surface area contributed by atoms with Gasteiger partial charge in [-0.2, -0.15) is 0 Å². The van der Waals surface area contributed by atoms with Crippen molar-refractivity contribution in [3.8, 4) is 0 Å². The molecular formula is C16H27NOS. The third-order valence-corrected chi connectivity index (χ3v) is 4.99. The molecule has 1 unspecified atom stereocenters. The number of nitrogen functional groups attached to an aromatic ring is 1. The smallest absolute Gasteiger partial charge is 0.0532 e. The summed E-state index contributed by atoms with van der Waals surface area (Å²) in [7, 11) is -0.868. The highest BCUT2D eigenvalue weighted by atomic mass is 32.2. The van der Waals surface area contributed by atoms with E-state index in [1.54, 1.807) is 0 Å². The fraction of sp³-hybridized carbons (Fsp3) is 0.625. The Hall–Kier alpha value is -0.830. The summed E-state index contributed by atoms with van der Waals surface area (Å²) < 4.78 is 12.2. The largest absolute Gasteiger partial charge is 0.399 e. The first-order valence-electron chi connectivity index (χ1n) is 7.39. The van der Waals surface area contributed by atoms with Crippen molar-refractivity contribution in [2.45, 2.75) is 63.7 Å². The van der Waals surface area contributed by atoms with Crippen LogP contribution in [0.3, 0.4) is 0 Å². The first-order chi connectivity index (χ1) is 9.15. The zero-order valence-electron chi connectivity index (χ0n) is 12.3. The van der Waals surface area contributed by atoms with Crippen molar-refractivity contribution in [2.75, 3.05) is 11.5 Å². The summed E-state index contributed by atoms with van der Waals surface area (Å²) >= 11 is 0. The molecule has 108 valence electrons. The van der Waals surface area contributed by atoms with Gasteiger partial charge in [-0.15, -0.1) is 0 Å². The molecule has 0 radical (unpaired) electrons. The van der Waals surface area contributed by atoms with Gasteiger partial charge in [-0.25, -0.2) is 0 Å². The Morgan fingerprint density at radius 3 is 2.32 bits per heavy atom. The minimum Gasteiger partial charge on any atom is -0.399 e. The zero-order valence-corrected chi connectivity index (χ0v) is 13.1. The molecule has 1 aromatic carbocycles. The van der Waals surface area contributed by atoms with E-state index < -0.39 is 10.8 Å². The van der Waals surface area contributed by atoms with E-state index in [0.29, 0.717) is 0 Å². The van der Waals surface area contributed by atoms with E-state index in [0.717, 1.165) is 28.3 Å². The van der Waals surface area contributed by atoms with E-state index in [1.165, 1.54) is 38.5 Å². The number of rotatable bonds is 9. The van der Waals surface area contributed by atoms with E-state index in [2.05, 4.69) is 6.92 Å². The van der Waals surface area contributed by atoms with Gasteiger partial charge in [0.25, 0.3) is 0 Å². The van der Waals surface area contributed by atoms with Gasteiger partial charge in [-0.05, 0) is 37.1 Å². The van der Waals surface area contributed by atoms with Crippen molar-refractivity contribution in [1.82, 2.24) is 0 Å². The number of hydrogen-bond acceptors (Lipinski definition) is 2. The fourth-order valence-electron chi connectivity index (χ4n) is 2.23. The quantitative estimate of drug-likeness (QED) is 0.537. The third kappa shape index (κ3) is 6.24. The molecule has 0 saturated heterocycles. The van der Waals surface area contributed by atoms with Gasteiger partial charge in [-0.1, -0.05) is 45.4 Å². The summed E-state index contributed by atoms with van der Waals surface area (Å²) in [5, 5.41) is 0. The second-order valence-electron chi connectivity index (χ2n) is 5.20. The highest BCUT2D eigenvalue weighted by Gasteiger charge is 2.07. The van der Waals surface area contributed by atoms with E-state index in [1.807, 2.05) is 25.1 Å². The fourth-order valence-corrected chi connectivity index (χ4v) is 3.55. The molecule has 0 saturated carbocycles. The highest BCUT2D eigenvalue weighted by molar-refractivity contribution is 7.85. The number of unbranched alkanes of at least 4 members (excludes halogenated alkanes) is 6. The van der Waals surface area contributed by atoms with E-state index in [-0.39, 0.29) is 0 Å². The molecule has 0 aliphatic heterocycles. The maximum Gasteiger partial charge on any atom is 0.0532 e. The molecule has 0 fully saturated rings. The molecule has 0 bridgehead atoms. The van der Waals surface area contributed by atoms with E-state index in [9.17, 15) is 4.21 Å². The normalized spacial score (nSPS) is 12.5. The van der Waals surface area contributed by atoms with Gasteiger partial charge in [0.15, 0.2) is 0 Å². The summed E-state index contributed by atoms with van der Waals surface area (Å²) in [6, 6.07) is 5.64. The number of anilines is 1. The lowest BCUT2D eigenvalue weighted by Gasteiger charge is -2.07. The minimum absolute atomic E-state index is 0.745. The van der Waals surface area contributed by atoms with Crippen LogP contribution >= 0.6 is 0 Å². The van der Waals surface area contributed by atoms with Crippen LogP contribution in [0.2, 0.25) is 0 Å². The minimum atomic E-state index is -0.868. The molecule has 0 aliphatic rings. The average Bonchev–Trinajstić information content (AvgIpc) is 2.37. The number of benzene rings is 1. The molecule has 19 heavy (non-hydrogen) atoms. The van der Waals surface area contributed by atoms with Crippen molar-refractivity contribution in [3.05, 3.63) is 23.8 Å². The topological polar surface area (TPSA) is 43.1 Å². The molecule has 0 amide bonds. The van der Waals surface area contributed by atoms with Gasteiger partial charge < -0.3 is 5.73 Å². The Morgan fingerprint density at radius 1 is 1.05 bits per heavy atom. The van der Waals surface area contributed by atoms with Crippen LogP contribution in [0, 0.1) is 6.92 Å². The third-order valence-electron chi connectivity index (χ3n) is 3.38. The zero-order chi connectivity index (χ0) is 14.1. The highest BCUT2D eigenvalue weighted by Crippen LogP contribution is 2.17. The van der Waals surface area contributed by atoms with E-state index >= 15 is 0 Å². The summed E-state index contributed by atoms with van der Waals surface area (Å²) in [4.78, 5) is 0.945. The molecule has 0 aromatic heterocycles. The first-order valence-corrected chi connectivity index (χ1v) is 8.71. The van der Waals surface area contributed by atoms with Crippen molar-refractivity contribution < 1.29 is 4.21 Å². The summed E-state index contributed by atoms with van der Waals surface area (Å²) in [6.07, 6.45) is 8.83. The second-order valence-corrected chi connectivity index (χ2v) is 6.74. The predicted octanol–water partition coefficient (Wildman–Crippen LogP) is 4.44. The Kier molecular flexibility index (Phi) is 7.80. The Labute approximate surface area is 120 Å². The maximum absolute atomic E-state index is 12.2. The molecule has 1 aromatic rings. The van der Waals surface area contributed by atoms with E-state index in [4.69, 9.17) is 5.73 Å². The van der Waals surface area contributed by atoms with Crippen molar-refractivity contribution >= 4 is 16.5 Å². The van der Waals surface area contributed by atoms with Crippen LogP contribution < -0.4 is 5.73 Å². The lowest BCUT2D eigenvalue weighted by molar-refractivity contribution is 0.601. The van der Waals surface area contributed by atoms with Gasteiger partial charge in [0.1, 0.15) is 0 Å². The van der Waals surface area contributed by atoms with Crippen LogP contribution in [0.4, 0.5) is 5.69 Å². The number of nitrogens with two attached hydrogens (primary N) is 1. The number of aryl methyl sites for hydroxylation is 1. The maximum atomic E-state index is 12.2. The average molecular weight is 281 g/mol. The SMILES string of the molecule is CCCCCCCCCS(=O)c1ccc(N)cc1C. The van der Waals surface area contributed by atoms with Crippen LogP contribution in [-0.2, 0) is 10.8 Å². The lowest BCUT2D eigenvalue weighted by atomic mass is 10.1. The van der Waals surface area contributed by atoms with Gasteiger partial charge in [-0.3, -0.25) is 4.21 Å². The summed E-state index contributed by atoms with van der Waals surface area (Å²) in [6.45, 7) is 4.21. The number of hydrogen-bond donors (Lipinski definition) is 1. The Balaban J connectivity index is 2.24. The molecule has 1 atom stereocenters. The molecule has 0 aliphatic carbocycles. The second kappa shape index (κ2) is 9.13. The van der Waals surface area contributed by atoms with Crippen molar-refractivity contribution in [2.24, 2.45) is 0 Å². The van der Waals surface area contributed by atoms with Crippen molar-refractivity contribution in [1.29, 1.82) is 0 Å². The summed E-state index contributed by atoms with van der Waals surface area (Å²) in [5.74, 6) is 0.776. The van der Waals surface area contributed by atoms with Crippen molar-refractivity contribution in [3.63, 3.8) is 0 Å². The van der Waals surface area contributed by atoms with Gasteiger partial charge >= 0.3 is 0 Å². The van der Waals surface area contributed by atoms with Gasteiger partial charge in [0.05, 0.1) is 10.8 Å². The molecule has 2 N–H and O–H groups in total. The molecule has 3 heteroatoms. The molecule has 0 spiro atoms. The summed E-state index contributed by atoms with van der Waals surface area (Å²) in [5.41, 5.74) is 7.50. The first kappa shape index (κ1) is 16.2. The molecule has 0 heterocycles. The van der Waals surface area contributed by atoms with Gasteiger partial charge in [0.2, 0.25) is 0 Å². The Bertz CT molecular complexity index is 404. The Morgan fingerprint density at radius 2 is 1.68 bits per heavy atom. The van der Waals surface area contributed by atoms with Gasteiger partial charge in [0, 0.05) is 16.3 Å². The van der Waals surface area contributed by atoms with Crippen LogP contribution in [0.15, 0.2) is 23.1 Å². The molecular weight excluding hydrogens is 254 g/mol. The standard InChI is InChI=1S/C16H27NOS/c1-3-4-5-6-7-8-9-12-19(18)16-11-10-15(17)13-14(16)2/h10-11,13H,3-9,12,17H2,1-2H3. The van der Waals surface area contributed by atoms with Crippen LogP contribution in [0.5, 0.6) is 0 Å². The predicted molar refractivity (Wildman–Crippen MR) is 84.9 cm³/mol. The van der Waals surface area contributed by atoms with Crippen LogP contribution in [0.1, 0.15) is 57.4 Å².